The molecule has 4 heteroatoms. The average Bonchev–Trinajstić information content (AvgIpc) is 2.42. The van der Waals surface area contributed by atoms with Crippen LogP contribution in [0.5, 0.6) is 5.88 Å². The summed E-state index contributed by atoms with van der Waals surface area (Å²) in [5, 5.41) is 12.1. The molecule has 0 fully saturated rings. The maximum atomic E-state index is 9.82. The second-order valence-electron chi connectivity index (χ2n) is 3.09. The van der Waals surface area contributed by atoms with E-state index in [0.29, 0.717) is 5.02 Å². The first kappa shape index (κ1) is 9.87. The summed E-state index contributed by atoms with van der Waals surface area (Å²) in [7, 11) is 0. The molecular weight excluding hydrogens is 265 g/mol. The highest BCUT2D eigenvalue weighted by atomic mass is 79.9. The summed E-state index contributed by atoms with van der Waals surface area (Å²) in [6.45, 7) is 2.70. The summed E-state index contributed by atoms with van der Waals surface area (Å²) < 4.78 is 2.69. The van der Waals surface area contributed by atoms with E-state index in [2.05, 4.69) is 15.9 Å². The first-order valence-corrected chi connectivity index (χ1v) is 5.47. The Morgan fingerprint density at radius 2 is 2.21 bits per heavy atom. The quantitative estimate of drug-likeness (QED) is 0.841. The van der Waals surface area contributed by atoms with Gasteiger partial charge in [0.05, 0.1) is 10.4 Å². The van der Waals surface area contributed by atoms with E-state index >= 15 is 0 Å². The maximum Gasteiger partial charge on any atom is 0.200 e. The van der Waals surface area contributed by atoms with Gasteiger partial charge < -0.3 is 9.67 Å². The minimum absolute atomic E-state index is 0.236. The van der Waals surface area contributed by atoms with Gasteiger partial charge in [0.15, 0.2) is 0 Å². The SMILES string of the molecule is CCn1cc2cc(Br)cc(Cl)c2c1O. The van der Waals surface area contributed by atoms with Gasteiger partial charge in [0.25, 0.3) is 0 Å². The molecule has 1 aromatic heterocycles. The highest BCUT2D eigenvalue weighted by Gasteiger charge is 2.11. The Hall–Kier alpha value is -0.670. The van der Waals surface area contributed by atoms with Crippen LogP contribution in [0.2, 0.25) is 5.02 Å². The van der Waals surface area contributed by atoms with Crippen molar-refractivity contribution in [3.63, 3.8) is 0 Å². The van der Waals surface area contributed by atoms with E-state index in [9.17, 15) is 5.11 Å². The second-order valence-corrected chi connectivity index (χ2v) is 4.41. The van der Waals surface area contributed by atoms with Gasteiger partial charge in [-0.2, -0.15) is 0 Å². The Morgan fingerprint density at radius 3 is 2.86 bits per heavy atom. The summed E-state index contributed by atoms with van der Waals surface area (Å²) in [5.41, 5.74) is 0. The van der Waals surface area contributed by atoms with E-state index in [4.69, 9.17) is 11.6 Å². The lowest BCUT2D eigenvalue weighted by Crippen LogP contribution is -1.88. The number of aromatic hydroxyl groups is 1. The highest BCUT2D eigenvalue weighted by Crippen LogP contribution is 2.35. The van der Waals surface area contributed by atoms with Gasteiger partial charge in [-0.25, -0.2) is 0 Å². The van der Waals surface area contributed by atoms with E-state index in [1.807, 2.05) is 19.2 Å². The van der Waals surface area contributed by atoms with Gasteiger partial charge in [-0.1, -0.05) is 27.5 Å². The lowest BCUT2D eigenvalue weighted by molar-refractivity contribution is 0.427. The molecule has 0 aliphatic rings. The third-order valence-corrected chi connectivity index (χ3v) is 2.97. The predicted molar refractivity (Wildman–Crippen MR) is 62.0 cm³/mol. The molecule has 74 valence electrons. The molecule has 0 radical (unpaired) electrons. The van der Waals surface area contributed by atoms with Gasteiger partial charge in [0.1, 0.15) is 0 Å². The van der Waals surface area contributed by atoms with Crippen LogP contribution < -0.4 is 0 Å². The van der Waals surface area contributed by atoms with Crippen LogP contribution in [0, 0.1) is 0 Å². The summed E-state index contributed by atoms with van der Waals surface area (Å²) in [6.07, 6.45) is 1.89. The molecule has 0 unspecified atom stereocenters. The number of nitrogens with zero attached hydrogens (tertiary/aromatic N) is 1. The molecule has 0 atom stereocenters. The molecule has 2 rings (SSSR count). The third-order valence-electron chi connectivity index (χ3n) is 2.22. The normalized spacial score (nSPS) is 11.1. The van der Waals surface area contributed by atoms with Gasteiger partial charge in [-0.05, 0) is 19.1 Å². The predicted octanol–water partition coefficient (Wildman–Crippen LogP) is 3.78. The molecule has 1 aromatic carbocycles. The summed E-state index contributed by atoms with van der Waals surface area (Å²) in [5.74, 6) is 0.236. The zero-order valence-electron chi connectivity index (χ0n) is 7.59. The van der Waals surface area contributed by atoms with E-state index in [0.717, 1.165) is 21.8 Å². The van der Waals surface area contributed by atoms with Crippen LogP contribution in [0.3, 0.4) is 0 Å². The molecule has 14 heavy (non-hydrogen) atoms. The van der Waals surface area contributed by atoms with Gasteiger partial charge in [-0.15, -0.1) is 0 Å². The van der Waals surface area contributed by atoms with Gasteiger partial charge in [0, 0.05) is 22.6 Å². The average molecular weight is 275 g/mol. The van der Waals surface area contributed by atoms with Crippen LogP contribution in [0.4, 0.5) is 0 Å². The Kier molecular flexibility index (Phi) is 2.45. The summed E-state index contributed by atoms with van der Waals surface area (Å²) >= 11 is 9.40. The van der Waals surface area contributed by atoms with Crippen molar-refractivity contribution in [3.8, 4) is 5.88 Å². The van der Waals surface area contributed by atoms with Gasteiger partial charge in [0.2, 0.25) is 5.88 Å². The molecule has 0 aliphatic carbocycles. The molecule has 1 N–H and O–H groups in total. The van der Waals surface area contributed by atoms with E-state index in [-0.39, 0.29) is 5.88 Å². The van der Waals surface area contributed by atoms with Crippen molar-refractivity contribution in [2.24, 2.45) is 0 Å². The van der Waals surface area contributed by atoms with Crippen molar-refractivity contribution >= 4 is 38.3 Å². The monoisotopic (exact) mass is 273 g/mol. The molecular formula is C10H9BrClNO. The van der Waals surface area contributed by atoms with Crippen LogP contribution in [-0.2, 0) is 6.54 Å². The van der Waals surface area contributed by atoms with Crippen LogP contribution >= 0.6 is 27.5 Å². The van der Waals surface area contributed by atoms with E-state index < -0.39 is 0 Å². The van der Waals surface area contributed by atoms with E-state index in [1.165, 1.54) is 0 Å². The summed E-state index contributed by atoms with van der Waals surface area (Å²) in [4.78, 5) is 0. The molecule has 0 aliphatic heterocycles. The molecule has 0 spiro atoms. The number of halogens is 2. The van der Waals surface area contributed by atoms with Gasteiger partial charge >= 0.3 is 0 Å². The number of benzene rings is 1. The molecule has 1 heterocycles. The number of rotatable bonds is 1. The lowest BCUT2D eigenvalue weighted by Gasteiger charge is -1.99. The minimum Gasteiger partial charge on any atom is -0.494 e. The van der Waals surface area contributed by atoms with Crippen molar-refractivity contribution in [2.75, 3.05) is 0 Å². The van der Waals surface area contributed by atoms with Crippen LogP contribution in [0.15, 0.2) is 22.8 Å². The van der Waals surface area contributed by atoms with Crippen molar-refractivity contribution in [3.05, 3.63) is 27.8 Å². The van der Waals surface area contributed by atoms with Gasteiger partial charge in [-0.3, -0.25) is 0 Å². The van der Waals surface area contributed by atoms with Crippen LogP contribution in [0.25, 0.3) is 10.8 Å². The molecule has 0 saturated heterocycles. The largest absolute Gasteiger partial charge is 0.494 e. The standard InChI is InChI=1S/C10H9BrClNO/c1-2-13-5-6-3-7(11)4-8(12)9(6)10(13)14/h3-5,14H,2H2,1H3. The number of hydrogen-bond donors (Lipinski definition) is 1. The van der Waals surface area contributed by atoms with Crippen molar-refractivity contribution < 1.29 is 5.11 Å². The molecule has 0 amide bonds. The van der Waals surface area contributed by atoms with Crippen LogP contribution in [-0.4, -0.2) is 9.67 Å². The molecule has 2 nitrogen and oxygen atoms in total. The number of fused-ring (bicyclic) bond motifs is 1. The Morgan fingerprint density at radius 1 is 1.50 bits per heavy atom. The number of aromatic nitrogens is 1. The third kappa shape index (κ3) is 1.41. The molecule has 0 saturated carbocycles. The Labute approximate surface area is 95.2 Å². The fraction of sp³-hybridized carbons (Fsp3) is 0.200. The topological polar surface area (TPSA) is 25.2 Å². The zero-order chi connectivity index (χ0) is 10.3. The number of aryl methyl sites for hydroxylation is 1. The first-order valence-electron chi connectivity index (χ1n) is 4.30. The first-order chi connectivity index (χ1) is 6.63. The zero-order valence-corrected chi connectivity index (χ0v) is 9.93. The fourth-order valence-corrected chi connectivity index (χ4v) is 2.46. The smallest absolute Gasteiger partial charge is 0.200 e. The Bertz CT molecular complexity index is 492. The lowest BCUT2D eigenvalue weighted by atomic mass is 10.2. The van der Waals surface area contributed by atoms with Crippen molar-refractivity contribution in [2.45, 2.75) is 13.5 Å². The Balaban J connectivity index is 2.85. The van der Waals surface area contributed by atoms with Crippen molar-refractivity contribution in [1.29, 1.82) is 0 Å². The van der Waals surface area contributed by atoms with Crippen LogP contribution in [0.1, 0.15) is 6.92 Å². The fourth-order valence-electron chi connectivity index (χ4n) is 1.54. The minimum atomic E-state index is 0.236. The van der Waals surface area contributed by atoms with E-state index in [1.54, 1.807) is 10.6 Å². The summed E-state index contributed by atoms with van der Waals surface area (Å²) in [6, 6.07) is 3.72. The molecule has 0 bridgehead atoms. The highest BCUT2D eigenvalue weighted by molar-refractivity contribution is 9.10. The second kappa shape index (κ2) is 3.48. The maximum absolute atomic E-state index is 9.82. The van der Waals surface area contributed by atoms with Crippen molar-refractivity contribution in [1.82, 2.24) is 4.57 Å². The number of hydrogen-bond acceptors (Lipinski definition) is 1. The molecule has 2 aromatic rings.